The summed E-state index contributed by atoms with van der Waals surface area (Å²) in [5, 5.41) is 5.88. The lowest BCUT2D eigenvalue weighted by Crippen LogP contribution is -2.04. The molecule has 0 spiro atoms. The first-order valence-corrected chi connectivity index (χ1v) is 7.14. The predicted octanol–water partition coefficient (Wildman–Crippen LogP) is 4.19. The Bertz CT molecular complexity index is 730. The van der Waals surface area contributed by atoms with Crippen molar-refractivity contribution in [2.45, 2.75) is 6.54 Å². The molecule has 4 heteroatoms. The van der Waals surface area contributed by atoms with E-state index in [1.54, 1.807) is 12.4 Å². The molecule has 0 saturated heterocycles. The van der Waals surface area contributed by atoms with Crippen LogP contribution in [0.1, 0.15) is 5.56 Å². The van der Waals surface area contributed by atoms with Gasteiger partial charge in [-0.25, -0.2) is 0 Å². The Morgan fingerprint density at radius 1 is 1.05 bits per heavy atom. The molecule has 0 radical (unpaired) electrons. The standard InChI is InChI=1S/C16H14BrN3/c17-14-9-19-10-15(18)16(14)20-8-12-6-3-5-11-4-1-2-7-13(11)12/h1-7,9-10H,8,18H2,(H,19,20). The first kappa shape index (κ1) is 12.9. The maximum Gasteiger partial charge on any atom is 0.0752 e. The Hall–Kier alpha value is -2.07. The maximum absolute atomic E-state index is 5.94. The van der Waals surface area contributed by atoms with E-state index in [0.29, 0.717) is 12.2 Å². The SMILES string of the molecule is Nc1cncc(Br)c1NCc1cccc2ccccc12. The van der Waals surface area contributed by atoms with Crippen molar-refractivity contribution in [1.82, 2.24) is 4.98 Å². The van der Waals surface area contributed by atoms with Crippen molar-refractivity contribution in [3.63, 3.8) is 0 Å². The number of halogens is 1. The summed E-state index contributed by atoms with van der Waals surface area (Å²) in [6.45, 7) is 0.716. The molecule has 0 aliphatic heterocycles. The average molecular weight is 328 g/mol. The topological polar surface area (TPSA) is 50.9 Å². The molecular formula is C16H14BrN3. The zero-order valence-electron chi connectivity index (χ0n) is 10.8. The number of nitrogens with one attached hydrogen (secondary N) is 1. The van der Waals surface area contributed by atoms with E-state index in [4.69, 9.17) is 5.73 Å². The van der Waals surface area contributed by atoms with Gasteiger partial charge in [-0.15, -0.1) is 0 Å². The van der Waals surface area contributed by atoms with Crippen LogP contribution in [0.5, 0.6) is 0 Å². The average Bonchev–Trinajstić information content (AvgIpc) is 2.47. The quantitative estimate of drug-likeness (QED) is 0.758. The fourth-order valence-electron chi connectivity index (χ4n) is 2.27. The number of rotatable bonds is 3. The molecule has 0 amide bonds. The zero-order valence-corrected chi connectivity index (χ0v) is 12.4. The lowest BCUT2D eigenvalue weighted by Gasteiger charge is -2.12. The van der Waals surface area contributed by atoms with Gasteiger partial charge in [0.1, 0.15) is 0 Å². The fraction of sp³-hybridized carbons (Fsp3) is 0.0625. The van der Waals surface area contributed by atoms with Crippen LogP contribution >= 0.6 is 15.9 Å². The first-order valence-electron chi connectivity index (χ1n) is 6.35. The van der Waals surface area contributed by atoms with Crippen LogP contribution in [0.15, 0.2) is 59.3 Å². The van der Waals surface area contributed by atoms with Crippen molar-refractivity contribution in [1.29, 1.82) is 0 Å². The van der Waals surface area contributed by atoms with Crippen molar-refractivity contribution in [3.8, 4) is 0 Å². The Balaban J connectivity index is 1.91. The van der Waals surface area contributed by atoms with Gasteiger partial charge in [-0.2, -0.15) is 0 Å². The molecular weight excluding hydrogens is 314 g/mol. The number of hydrogen-bond acceptors (Lipinski definition) is 3. The molecule has 100 valence electrons. The maximum atomic E-state index is 5.94. The Morgan fingerprint density at radius 2 is 1.85 bits per heavy atom. The molecule has 3 nitrogen and oxygen atoms in total. The lowest BCUT2D eigenvalue weighted by molar-refractivity contribution is 1.15. The van der Waals surface area contributed by atoms with Crippen LogP contribution in [-0.2, 0) is 6.54 Å². The molecule has 0 atom stereocenters. The number of nitrogens with zero attached hydrogens (tertiary/aromatic N) is 1. The third-order valence-corrected chi connectivity index (χ3v) is 3.87. The van der Waals surface area contributed by atoms with Gasteiger partial charge in [0.2, 0.25) is 0 Å². The number of fused-ring (bicyclic) bond motifs is 1. The smallest absolute Gasteiger partial charge is 0.0752 e. The highest BCUT2D eigenvalue weighted by Gasteiger charge is 2.05. The molecule has 0 aliphatic carbocycles. The Labute approximate surface area is 126 Å². The molecule has 0 bridgehead atoms. The van der Waals surface area contributed by atoms with E-state index in [2.05, 4.69) is 68.7 Å². The van der Waals surface area contributed by atoms with Gasteiger partial charge in [-0.05, 0) is 32.3 Å². The number of hydrogen-bond donors (Lipinski definition) is 2. The third-order valence-electron chi connectivity index (χ3n) is 3.26. The summed E-state index contributed by atoms with van der Waals surface area (Å²) in [4.78, 5) is 4.04. The molecule has 1 heterocycles. The molecule has 2 aromatic carbocycles. The predicted molar refractivity (Wildman–Crippen MR) is 87.6 cm³/mol. The molecule has 3 N–H and O–H groups in total. The molecule has 20 heavy (non-hydrogen) atoms. The lowest BCUT2D eigenvalue weighted by atomic mass is 10.0. The highest BCUT2D eigenvalue weighted by Crippen LogP contribution is 2.28. The van der Waals surface area contributed by atoms with Crippen LogP contribution < -0.4 is 11.1 Å². The van der Waals surface area contributed by atoms with Crippen LogP contribution in [0.2, 0.25) is 0 Å². The van der Waals surface area contributed by atoms with Gasteiger partial charge in [0.25, 0.3) is 0 Å². The van der Waals surface area contributed by atoms with Crippen molar-refractivity contribution < 1.29 is 0 Å². The van der Waals surface area contributed by atoms with E-state index in [1.807, 2.05) is 0 Å². The van der Waals surface area contributed by atoms with Crippen molar-refractivity contribution in [2.75, 3.05) is 11.1 Å². The zero-order chi connectivity index (χ0) is 13.9. The van der Waals surface area contributed by atoms with Crippen LogP contribution in [-0.4, -0.2) is 4.98 Å². The molecule has 1 aromatic heterocycles. The minimum atomic E-state index is 0.639. The summed E-state index contributed by atoms with van der Waals surface area (Å²) >= 11 is 3.47. The van der Waals surface area contributed by atoms with E-state index in [1.165, 1.54) is 16.3 Å². The fourth-order valence-corrected chi connectivity index (χ4v) is 2.75. The van der Waals surface area contributed by atoms with Gasteiger partial charge in [0.05, 0.1) is 22.0 Å². The van der Waals surface area contributed by atoms with E-state index in [0.717, 1.165) is 10.2 Å². The second-order valence-corrected chi connectivity index (χ2v) is 5.43. The van der Waals surface area contributed by atoms with E-state index in [-0.39, 0.29) is 0 Å². The number of anilines is 2. The number of pyridine rings is 1. The Morgan fingerprint density at radius 3 is 2.70 bits per heavy atom. The number of benzene rings is 2. The molecule has 0 unspecified atom stereocenters. The third kappa shape index (κ3) is 2.47. The van der Waals surface area contributed by atoms with Crippen LogP contribution in [0.25, 0.3) is 10.8 Å². The van der Waals surface area contributed by atoms with Crippen LogP contribution in [0, 0.1) is 0 Å². The molecule has 0 saturated carbocycles. The molecule has 0 fully saturated rings. The molecule has 0 aliphatic rings. The van der Waals surface area contributed by atoms with Crippen molar-refractivity contribution in [2.24, 2.45) is 0 Å². The summed E-state index contributed by atoms with van der Waals surface area (Å²) in [5.74, 6) is 0. The van der Waals surface area contributed by atoms with Gasteiger partial charge in [0.15, 0.2) is 0 Å². The Kier molecular flexibility index (Phi) is 3.56. The number of nitrogens with two attached hydrogens (primary N) is 1. The monoisotopic (exact) mass is 327 g/mol. The van der Waals surface area contributed by atoms with Gasteiger partial charge < -0.3 is 11.1 Å². The van der Waals surface area contributed by atoms with E-state index < -0.39 is 0 Å². The largest absolute Gasteiger partial charge is 0.396 e. The second-order valence-electron chi connectivity index (χ2n) is 4.58. The number of aromatic nitrogens is 1. The van der Waals surface area contributed by atoms with Crippen molar-refractivity contribution >= 4 is 38.1 Å². The van der Waals surface area contributed by atoms with Crippen LogP contribution in [0.3, 0.4) is 0 Å². The normalized spacial score (nSPS) is 10.7. The van der Waals surface area contributed by atoms with Gasteiger partial charge in [-0.1, -0.05) is 42.5 Å². The van der Waals surface area contributed by atoms with E-state index >= 15 is 0 Å². The van der Waals surface area contributed by atoms with E-state index in [9.17, 15) is 0 Å². The molecule has 3 aromatic rings. The minimum absolute atomic E-state index is 0.639. The van der Waals surface area contributed by atoms with Gasteiger partial charge in [-0.3, -0.25) is 4.98 Å². The van der Waals surface area contributed by atoms with Crippen molar-refractivity contribution in [3.05, 3.63) is 64.9 Å². The van der Waals surface area contributed by atoms with Crippen LogP contribution in [0.4, 0.5) is 11.4 Å². The minimum Gasteiger partial charge on any atom is -0.396 e. The second kappa shape index (κ2) is 5.51. The summed E-state index contributed by atoms with van der Waals surface area (Å²) in [6.07, 6.45) is 3.39. The summed E-state index contributed by atoms with van der Waals surface area (Å²) in [6, 6.07) is 14.7. The summed E-state index contributed by atoms with van der Waals surface area (Å²) in [7, 11) is 0. The highest BCUT2D eigenvalue weighted by atomic mass is 79.9. The van der Waals surface area contributed by atoms with Gasteiger partial charge >= 0.3 is 0 Å². The molecule has 3 rings (SSSR count). The summed E-state index contributed by atoms with van der Waals surface area (Å²) in [5.41, 5.74) is 8.71. The highest BCUT2D eigenvalue weighted by molar-refractivity contribution is 9.10. The van der Waals surface area contributed by atoms with Gasteiger partial charge in [0, 0.05) is 12.7 Å². The number of nitrogen functional groups attached to an aromatic ring is 1. The first-order chi connectivity index (χ1) is 9.75. The summed E-state index contributed by atoms with van der Waals surface area (Å²) < 4.78 is 0.873.